The summed E-state index contributed by atoms with van der Waals surface area (Å²) >= 11 is 0. The van der Waals surface area contributed by atoms with Gasteiger partial charge < -0.3 is 34.2 Å². The number of phosphoric ester groups is 2. The molecule has 0 aliphatic carbocycles. The van der Waals surface area contributed by atoms with Crippen LogP contribution in [-0.2, 0) is 55.8 Å². The normalized spacial score (nSPS) is 14.6. The van der Waals surface area contributed by atoms with Gasteiger partial charge in [0.05, 0.1) is 26.4 Å². The van der Waals surface area contributed by atoms with Crippen molar-refractivity contribution in [1.29, 1.82) is 0 Å². The zero-order valence-electron chi connectivity index (χ0n) is 63.5. The molecule has 5 atom stereocenters. The largest absolute Gasteiger partial charge is 0.472 e. The van der Waals surface area contributed by atoms with Gasteiger partial charge in [-0.3, -0.25) is 32.5 Å². The lowest BCUT2D eigenvalue weighted by molar-refractivity contribution is -0.161. The first-order valence-electron chi connectivity index (χ1n) is 39.8. The molecule has 0 spiro atoms. The zero-order valence-corrected chi connectivity index (χ0v) is 65.3. The molecular formula is C83H144O16P2. The van der Waals surface area contributed by atoms with E-state index < -0.39 is 91.5 Å². The van der Waals surface area contributed by atoms with Gasteiger partial charge in [-0.25, -0.2) is 9.13 Å². The number of hydrogen-bond acceptors (Lipinski definition) is 14. The molecule has 0 bridgehead atoms. The lowest BCUT2D eigenvalue weighted by atomic mass is 10.0. The molecule has 18 heteroatoms. The molecule has 101 heavy (non-hydrogen) atoms. The Morgan fingerprint density at radius 1 is 0.287 bits per heavy atom. The SMILES string of the molecule is CC/C=C\C/C=C\C/C=C\C/C=C\C/C=C\C/C=C\CCCCCCCCCCCCC(=O)OCC(O)COP(=O)(O)OCC(O)COP(=O)(O)OCC(COC(=O)CCCCCCCCC/C=C\C/C=C\C/C=C\C/C=C\CCCCC)OC(=O)CCCCCCCCCCCCCCC. The number of hydrogen-bond donors (Lipinski definition) is 4. The van der Waals surface area contributed by atoms with Gasteiger partial charge in [-0.15, -0.1) is 0 Å². The third-order valence-corrected chi connectivity index (χ3v) is 18.6. The Kier molecular flexibility index (Phi) is 72.6. The van der Waals surface area contributed by atoms with Crippen LogP contribution in [0.3, 0.4) is 0 Å². The summed E-state index contributed by atoms with van der Waals surface area (Å²) in [5, 5.41) is 20.6. The maximum Gasteiger partial charge on any atom is 0.472 e. The van der Waals surface area contributed by atoms with E-state index in [4.69, 9.17) is 32.3 Å². The van der Waals surface area contributed by atoms with Gasteiger partial charge in [0.15, 0.2) is 6.10 Å². The minimum atomic E-state index is -4.93. The summed E-state index contributed by atoms with van der Waals surface area (Å²) in [5.74, 6) is -1.58. The third-order valence-electron chi connectivity index (χ3n) is 16.7. The van der Waals surface area contributed by atoms with Crippen LogP contribution in [0.25, 0.3) is 0 Å². The van der Waals surface area contributed by atoms with Crippen molar-refractivity contribution in [3.8, 4) is 0 Å². The van der Waals surface area contributed by atoms with Crippen LogP contribution in [0.4, 0.5) is 0 Å². The molecule has 0 aliphatic heterocycles. The van der Waals surface area contributed by atoms with E-state index in [1.807, 2.05) is 0 Å². The van der Waals surface area contributed by atoms with E-state index in [1.54, 1.807) is 0 Å². The van der Waals surface area contributed by atoms with E-state index in [0.717, 1.165) is 161 Å². The number of aliphatic hydroxyl groups excluding tert-OH is 2. The number of allylic oxidation sites excluding steroid dienone is 20. The van der Waals surface area contributed by atoms with Crippen molar-refractivity contribution >= 4 is 33.6 Å². The van der Waals surface area contributed by atoms with E-state index in [9.17, 15) is 43.5 Å². The van der Waals surface area contributed by atoms with Crippen LogP contribution in [0.5, 0.6) is 0 Å². The second-order valence-corrected chi connectivity index (χ2v) is 29.4. The summed E-state index contributed by atoms with van der Waals surface area (Å²) in [7, 11) is -9.79. The van der Waals surface area contributed by atoms with Crippen molar-refractivity contribution in [1.82, 2.24) is 0 Å². The summed E-state index contributed by atoms with van der Waals surface area (Å²) < 4.78 is 61.1. The maximum atomic E-state index is 13.0. The number of carbonyl (C=O) groups is 3. The molecule has 0 saturated carbocycles. The fourth-order valence-electron chi connectivity index (χ4n) is 10.6. The third kappa shape index (κ3) is 76.9. The molecule has 16 nitrogen and oxygen atoms in total. The smallest absolute Gasteiger partial charge is 0.463 e. The molecule has 0 aromatic carbocycles. The van der Waals surface area contributed by atoms with Gasteiger partial charge in [0, 0.05) is 19.3 Å². The average Bonchev–Trinajstić information content (AvgIpc) is 0.933. The molecule has 0 aromatic heterocycles. The Hall–Kier alpha value is -4.05. The van der Waals surface area contributed by atoms with Crippen LogP contribution in [0.2, 0.25) is 0 Å². The number of carbonyl (C=O) groups excluding carboxylic acids is 3. The zero-order chi connectivity index (χ0) is 73.7. The van der Waals surface area contributed by atoms with E-state index in [0.29, 0.717) is 19.3 Å². The van der Waals surface area contributed by atoms with Gasteiger partial charge in [-0.05, 0) is 116 Å². The van der Waals surface area contributed by atoms with Crippen LogP contribution < -0.4 is 0 Å². The highest BCUT2D eigenvalue weighted by molar-refractivity contribution is 7.47. The topological polar surface area (TPSA) is 231 Å². The molecule has 0 amide bonds. The summed E-state index contributed by atoms with van der Waals surface area (Å²) in [6.07, 6.45) is 89.5. The Morgan fingerprint density at radius 2 is 0.525 bits per heavy atom. The lowest BCUT2D eigenvalue weighted by Crippen LogP contribution is -2.30. The Labute approximate surface area is 614 Å². The molecule has 0 heterocycles. The molecule has 582 valence electrons. The van der Waals surface area contributed by atoms with Gasteiger partial charge in [0.2, 0.25) is 0 Å². The number of esters is 3. The van der Waals surface area contributed by atoms with Crippen molar-refractivity contribution in [3.63, 3.8) is 0 Å². The Balaban J connectivity index is 4.51. The molecule has 4 N–H and O–H groups in total. The quantitative estimate of drug-likeness (QED) is 0.0146. The van der Waals surface area contributed by atoms with Crippen LogP contribution >= 0.6 is 15.6 Å². The highest BCUT2D eigenvalue weighted by Gasteiger charge is 2.29. The number of rotatable bonds is 75. The summed E-state index contributed by atoms with van der Waals surface area (Å²) in [4.78, 5) is 58.6. The van der Waals surface area contributed by atoms with Crippen molar-refractivity contribution < 1.29 is 75.8 Å². The standard InChI is InChI=1S/C83H144O16P2/c1-4-7-10-13-16-19-22-25-27-29-31-33-35-36-37-38-39-40-42-44-45-47-49-52-54-57-60-63-66-69-81(86)93-72-78(84)73-95-100(89,90)96-74-79(85)75-97-101(91,92)98-77-80(99-83(88)71-68-65-62-59-56-51-24-21-18-15-12-9-6-3)76-94-82(87)70-67-64-61-58-55-53-50-48-46-43-41-34-32-30-28-26-23-20-17-14-11-8-5-2/h7,10,16-17,19-20,25-28,31-34,36-37,39-40,43,46,78-80,84-85H,4-6,8-9,11-15,18,21-24,29-30,35,38,41-42,44-45,47-77H2,1-3H3,(H,89,90)(H,91,92)/b10-7-,19-16-,20-17-,27-25-,28-26-,33-31-,34-32-,37-36-,40-39-,46-43-. The van der Waals surface area contributed by atoms with Crippen molar-refractivity contribution in [2.45, 2.75) is 347 Å². The second-order valence-electron chi connectivity index (χ2n) is 26.5. The molecule has 0 radical (unpaired) electrons. The van der Waals surface area contributed by atoms with Crippen LogP contribution in [0, 0.1) is 0 Å². The summed E-state index contributed by atoms with van der Waals surface area (Å²) in [6, 6.07) is 0. The lowest BCUT2D eigenvalue weighted by Gasteiger charge is -2.21. The van der Waals surface area contributed by atoms with Crippen molar-refractivity contribution in [2.75, 3.05) is 39.6 Å². The second kappa shape index (κ2) is 75.6. The van der Waals surface area contributed by atoms with Gasteiger partial charge >= 0.3 is 33.6 Å². The molecular weight excluding hydrogens is 1310 g/mol. The maximum absolute atomic E-state index is 13.0. The predicted octanol–water partition coefficient (Wildman–Crippen LogP) is 23.3. The van der Waals surface area contributed by atoms with E-state index in [1.165, 1.54) is 109 Å². The predicted molar refractivity (Wildman–Crippen MR) is 417 cm³/mol. The molecule has 0 aliphatic rings. The fraction of sp³-hybridized carbons (Fsp3) is 0.723. The van der Waals surface area contributed by atoms with Gasteiger partial charge in [0.1, 0.15) is 25.4 Å². The number of unbranched alkanes of at least 4 members (excludes halogenated alkanes) is 32. The highest BCUT2D eigenvalue weighted by atomic mass is 31.2. The van der Waals surface area contributed by atoms with Crippen LogP contribution in [-0.4, -0.2) is 95.9 Å². The van der Waals surface area contributed by atoms with E-state index in [2.05, 4.69) is 142 Å². The Bertz CT molecular complexity index is 2320. The average molecular weight is 1460 g/mol. The number of ether oxygens (including phenoxy) is 3. The number of aliphatic hydroxyl groups is 2. The first-order valence-corrected chi connectivity index (χ1v) is 42.8. The van der Waals surface area contributed by atoms with Crippen molar-refractivity contribution in [2.24, 2.45) is 0 Å². The first-order chi connectivity index (χ1) is 49.2. The van der Waals surface area contributed by atoms with Crippen LogP contribution in [0.1, 0.15) is 329 Å². The summed E-state index contributed by atoms with van der Waals surface area (Å²) in [6.45, 7) is 2.54. The Morgan fingerprint density at radius 3 is 0.851 bits per heavy atom. The van der Waals surface area contributed by atoms with Gasteiger partial charge in [-0.2, -0.15) is 0 Å². The number of phosphoric acid groups is 2. The van der Waals surface area contributed by atoms with Gasteiger partial charge in [-0.1, -0.05) is 316 Å². The molecule has 5 unspecified atom stereocenters. The minimum absolute atomic E-state index is 0.104. The first kappa shape index (κ1) is 97.0. The molecule has 0 rings (SSSR count). The van der Waals surface area contributed by atoms with Gasteiger partial charge in [0.25, 0.3) is 0 Å². The summed E-state index contributed by atoms with van der Waals surface area (Å²) in [5.41, 5.74) is 0. The monoisotopic (exact) mass is 1460 g/mol. The van der Waals surface area contributed by atoms with E-state index in [-0.39, 0.29) is 19.3 Å². The molecule has 0 saturated heterocycles. The minimum Gasteiger partial charge on any atom is -0.463 e. The van der Waals surface area contributed by atoms with Crippen molar-refractivity contribution in [3.05, 3.63) is 122 Å². The highest BCUT2D eigenvalue weighted by Crippen LogP contribution is 2.45. The fourth-order valence-corrected chi connectivity index (χ4v) is 12.2. The molecule has 0 aromatic rings. The van der Waals surface area contributed by atoms with E-state index >= 15 is 0 Å². The molecule has 0 fully saturated rings. The van der Waals surface area contributed by atoms with Crippen LogP contribution in [0.15, 0.2) is 122 Å².